The van der Waals surface area contributed by atoms with Gasteiger partial charge in [-0.05, 0) is 49.9 Å². The van der Waals surface area contributed by atoms with Crippen LogP contribution >= 0.6 is 31.9 Å². The van der Waals surface area contributed by atoms with Crippen molar-refractivity contribution in [3.8, 4) is 0 Å². The molecule has 94 valence electrons. The van der Waals surface area contributed by atoms with E-state index in [1.165, 1.54) is 5.56 Å². The van der Waals surface area contributed by atoms with Gasteiger partial charge in [0.05, 0.1) is 6.10 Å². The first-order valence-corrected chi connectivity index (χ1v) is 7.51. The Bertz CT molecular complexity index is 391. The minimum absolute atomic E-state index is 0.0588. The lowest BCUT2D eigenvalue weighted by Gasteiger charge is -2.32. The van der Waals surface area contributed by atoms with Crippen LogP contribution in [0.5, 0.6) is 0 Å². The second-order valence-electron chi connectivity index (χ2n) is 4.79. The first-order valence-electron chi connectivity index (χ1n) is 5.92. The minimum Gasteiger partial charge on any atom is -0.393 e. The molecule has 0 radical (unpaired) electrons. The van der Waals surface area contributed by atoms with Crippen LogP contribution in [0.4, 0.5) is 0 Å². The van der Waals surface area contributed by atoms with Gasteiger partial charge in [-0.1, -0.05) is 37.9 Å². The summed E-state index contributed by atoms with van der Waals surface area (Å²) in [6.45, 7) is 3.16. The summed E-state index contributed by atoms with van der Waals surface area (Å²) in [4.78, 5) is 0. The zero-order valence-electron chi connectivity index (χ0n) is 9.79. The highest BCUT2D eigenvalue weighted by molar-refractivity contribution is 9.11. The number of aliphatic hydroxyl groups is 1. The molecule has 17 heavy (non-hydrogen) atoms. The second-order valence-corrected chi connectivity index (χ2v) is 6.56. The molecule has 0 aromatic heterocycles. The Morgan fingerprint density at radius 2 is 2.12 bits per heavy atom. The van der Waals surface area contributed by atoms with Crippen molar-refractivity contribution in [2.24, 2.45) is 5.92 Å². The largest absolute Gasteiger partial charge is 0.393 e. The van der Waals surface area contributed by atoms with Gasteiger partial charge in [0.15, 0.2) is 0 Å². The summed E-state index contributed by atoms with van der Waals surface area (Å²) < 4.78 is 2.21. The summed E-state index contributed by atoms with van der Waals surface area (Å²) in [5, 5.41) is 12.8. The van der Waals surface area contributed by atoms with Crippen molar-refractivity contribution in [1.82, 2.24) is 5.32 Å². The Labute approximate surface area is 119 Å². The smallest absolute Gasteiger partial charge is 0.0546 e. The molecular formula is C13H17Br2NO. The number of aliphatic hydroxyl groups excluding tert-OH is 1. The number of hydrogen-bond acceptors (Lipinski definition) is 2. The van der Waals surface area contributed by atoms with Gasteiger partial charge in [0.2, 0.25) is 0 Å². The number of rotatable bonds is 4. The van der Waals surface area contributed by atoms with E-state index >= 15 is 0 Å². The average Bonchev–Trinajstić information content (AvgIpc) is 2.22. The van der Waals surface area contributed by atoms with Crippen LogP contribution in [0.1, 0.15) is 31.4 Å². The monoisotopic (exact) mass is 361 g/mol. The SMILES string of the molecule is CC(NCC1CC(O)C1)c1ccc(Br)cc1Br. The van der Waals surface area contributed by atoms with Gasteiger partial charge >= 0.3 is 0 Å². The molecule has 0 aliphatic heterocycles. The third-order valence-corrected chi connectivity index (χ3v) is 4.53. The Morgan fingerprint density at radius 3 is 2.71 bits per heavy atom. The van der Waals surface area contributed by atoms with E-state index in [-0.39, 0.29) is 6.10 Å². The summed E-state index contributed by atoms with van der Waals surface area (Å²) in [6, 6.07) is 6.59. The predicted octanol–water partition coefficient (Wildman–Crippen LogP) is 3.63. The zero-order chi connectivity index (χ0) is 12.4. The third kappa shape index (κ3) is 3.53. The normalized spacial score (nSPS) is 25.4. The van der Waals surface area contributed by atoms with Crippen molar-refractivity contribution in [2.45, 2.75) is 31.9 Å². The van der Waals surface area contributed by atoms with E-state index in [1.54, 1.807) is 0 Å². The number of hydrogen-bond donors (Lipinski definition) is 2. The quantitative estimate of drug-likeness (QED) is 0.857. The van der Waals surface area contributed by atoms with Gasteiger partial charge in [0.1, 0.15) is 0 Å². The van der Waals surface area contributed by atoms with Crippen LogP contribution in [-0.2, 0) is 0 Å². The standard InChI is InChI=1S/C13H17Br2NO/c1-8(16-7-9-4-11(17)5-9)12-3-2-10(14)6-13(12)15/h2-3,6,8-9,11,16-17H,4-5,7H2,1H3. The Hall–Kier alpha value is 0.1000. The lowest BCUT2D eigenvalue weighted by Crippen LogP contribution is -2.37. The zero-order valence-corrected chi connectivity index (χ0v) is 13.0. The van der Waals surface area contributed by atoms with Crippen LogP contribution in [0.3, 0.4) is 0 Å². The minimum atomic E-state index is -0.0588. The molecular weight excluding hydrogens is 346 g/mol. The second kappa shape index (κ2) is 5.83. The van der Waals surface area contributed by atoms with Gasteiger partial charge in [-0.3, -0.25) is 0 Å². The molecule has 0 spiro atoms. The van der Waals surface area contributed by atoms with E-state index in [2.05, 4.69) is 62.3 Å². The van der Waals surface area contributed by atoms with E-state index in [0.29, 0.717) is 12.0 Å². The molecule has 1 aromatic rings. The lowest BCUT2D eigenvalue weighted by molar-refractivity contribution is 0.0420. The third-order valence-electron chi connectivity index (χ3n) is 3.35. The molecule has 0 amide bonds. The van der Waals surface area contributed by atoms with Crippen LogP contribution in [0.2, 0.25) is 0 Å². The molecule has 1 aliphatic carbocycles. The van der Waals surface area contributed by atoms with E-state index in [0.717, 1.165) is 28.3 Å². The van der Waals surface area contributed by atoms with Crippen molar-refractivity contribution in [3.05, 3.63) is 32.7 Å². The van der Waals surface area contributed by atoms with Crippen molar-refractivity contribution in [1.29, 1.82) is 0 Å². The Morgan fingerprint density at radius 1 is 1.41 bits per heavy atom. The predicted molar refractivity (Wildman–Crippen MR) is 77.0 cm³/mol. The van der Waals surface area contributed by atoms with Gasteiger partial charge in [-0.25, -0.2) is 0 Å². The molecule has 0 heterocycles. The van der Waals surface area contributed by atoms with Gasteiger partial charge in [0.25, 0.3) is 0 Å². The highest BCUT2D eigenvalue weighted by Gasteiger charge is 2.27. The van der Waals surface area contributed by atoms with Crippen LogP contribution in [-0.4, -0.2) is 17.8 Å². The highest BCUT2D eigenvalue weighted by Crippen LogP contribution is 2.29. The summed E-state index contributed by atoms with van der Waals surface area (Å²) in [5.41, 5.74) is 1.27. The molecule has 1 unspecified atom stereocenters. The maximum Gasteiger partial charge on any atom is 0.0546 e. The van der Waals surface area contributed by atoms with Gasteiger partial charge in [-0.15, -0.1) is 0 Å². The fraction of sp³-hybridized carbons (Fsp3) is 0.538. The summed E-state index contributed by atoms with van der Waals surface area (Å²) >= 11 is 7.04. The first-order chi connectivity index (χ1) is 8.06. The fourth-order valence-electron chi connectivity index (χ4n) is 2.17. The van der Waals surface area contributed by atoms with E-state index < -0.39 is 0 Å². The maximum absolute atomic E-state index is 9.23. The number of halogens is 2. The highest BCUT2D eigenvalue weighted by atomic mass is 79.9. The van der Waals surface area contributed by atoms with Crippen molar-refractivity contribution in [3.63, 3.8) is 0 Å². The van der Waals surface area contributed by atoms with Crippen LogP contribution < -0.4 is 5.32 Å². The molecule has 0 saturated heterocycles. The first kappa shape index (κ1) is 13.5. The van der Waals surface area contributed by atoms with Gasteiger partial charge in [0, 0.05) is 15.0 Å². The van der Waals surface area contributed by atoms with Crippen LogP contribution in [0.25, 0.3) is 0 Å². The summed E-state index contributed by atoms with van der Waals surface area (Å²) in [7, 11) is 0. The van der Waals surface area contributed by atoms with E-state index in [1.807, 2.05) is 0 Å². The Balaban J connectivity index is 1.88. The van der Waals surface area contributed by atoms with E-state index in [4.69, 9.17) is 0 Å². The fourth-order valence-corrected chi connectivity index (χ4v) is 3.56. The summed E-state index contributed by atoms with van der Waals surface area (Å²) in [5.74, 6) is 0.640. The average molecular weight is 363 g/mol. The molecule has 1 aromatic carbocycles. The Kier molecular flexibility index (Phi) is 4.64. The maximum atomic E-state index is 9.23. The molecule has 2 rings (SSSR count). The molecule has 1 fully saturated rings. The van der Waals surface area contributed by atoms with Crippen LogP contribution in [0.15, 0.2) is 27.1 Å². The number of nitrogens with one attached hydrogen (secondary N) is 1. The molecule has 1 saturated carbocycles. The lowest BCUT2D eigenvalue weighted by atomic mass is 9.82. The number of benzene rings is 1. The molecule has 0 bridgehead atoms. The van der Waals surface area contributed by atoms with Gasteiger partial charge in [-0.2, -0.15) is 0 Å². The molecule has 4 heteroatoms. The molecule has 1 atom stereocenters. The van der Waals surface area contributed by atoms with E-state index in [9.17, 15) is 5.11 Å². The molecule has 1 aliphatic rings. The topological polar surface area (TPSA) is 32.3 Å². The summed E-state index contributed by atoms with van der Waals surface area (Å²) in [6.07, 6.45) is 1.83. The van der Waals surface area contributed by atoms with Crippen molar-refractivity contribution < 1.29 is 5.11 Å². The van der Waals surface area contributed by atoms with Crippen molar-refractivity contribution >= 4 is 31.9 Å². The van der Waals surface area contributed by atoms with Gasteiger partial charge < -0.3 is 10.4 Å². The molecule has 2 N–H and O–H groups in total. The molecule has 2 nitrogen and oxygen atoms in total. The van der Waals surface area contributed by atoms with Crippen molar-refractivity contribution in [2.75, 3.05) is 6.54 Å². The van der Waals surface area contributed by atoms with Crippen LogP contribution in [0, 0.1) is 5.92 Å².